The van der Waals surface area contributed by atoms with E-state index in [0.717, 1.165) is 0 Å². The maximum Gasteiger partial charge on any atom is 0.258 e. The van der Waals surface area contributed by atoms with E-state index in [1.54, 1.807) is 18.3 Å². The average Bonchev–Trinajstić information content (AvgIpc) is 2.70. The van der Waals surface area contributed by atoms with Crippen LogP contribution in [-0.4, -0.2) is 60.7 Å². The van der Waals surface area contributed by atoms with E-state index in [4.69, 9.17) is 9.47 Å². The quantitative estimate of drug-likeness (QED) is 0.824. The standard InChI is InChI=1S/C21H26N4O4/c1-15(2)23-19(26)14-25-10-11-28-12-13-29-18-8-4-3-7-17(18)24-20-16(21(25)27)6-5-9-22-20/h3-9,15H,10-14H2,1-2H3,(H,22,24)(H,23,26). The van der Waals surface area contributed by atoms with Gasteiger partial charge in [0.05, 0.1) is 31.0 Å². The highest BCUT2D eigenvalue weighted by atomic mass is 16.5. The number of aromatic nitrogens is 1. The third-order valence-corrected chi connectivity index (χ3v) is 4.24. The molecule has 0 aliphatic carbocycles. The van der Waals surface area contributed by atoms with E-state index >= 15 is 0 Å². The summed E-state index contributed by atoms with van der Waals surface area (Å²) in [7, 11) is 0. The van der Waals surface area contributed by atoms with Gasteiger partial charge in [-0.05, 0) is 38.1 Å². The number of carbonyl (C=O) groups is 2. The predicted octanol–water partition coefficient (Wildman–Crippen LogP) is 2.20. The fraction of sp³-hybridized carbons (Fsp3) is 0.381. The SMILES string of the molecule is CC(C)NC(=O)CN1CCOCCOc2ccccc2Nc2ncccc2C1=O. The van der Waals surface area contributed by atoms with Crippen molar-refractivity contribution in [1.29, 1.82) is 0 Å². The second-order valence-corrected chi connectivity index (χ2v) is 6.93. The minimum absolute atomic E-state index is 0.00548. The van der Waals surface area contributed by atoms with E-state index in [-0.39, 0.29) is 30.9 Å². The molecule has 2 aromatic rings. The summed E-state index contributed by atoms with van der Waals surface area (Å²) in [5, 5.41) is 6.01. The molecule has 0 unspecified atom stereocenters. The Hall–Kier alpha value is -3.13. The number of fused-ring (bicyclic) bond motifs is 2. The van der Waals surface area contributed by atoms with Gasteiger partial charge in [-0.25, -0.2) is 4.98 Å². The van der Waals surface area contributed by atoms with E-state index in [1.807, 2.05) is 38.1 Å². The van der Waals surface area contributed by atoms with Crippen molar-refractivity contribution < 1.29 is 19.1 Å². The molecule has 0 bridgehead atoms. The van der Waals surface area contributed by atoms with Crippen LogP contribution in [0.4, 0.5) is 11.5 Å². The van der Waals surface area contributed by atoms with Crippen LogP contribution in [0.15, 0.2) is 42.6 Å². The molecule has 8 nitrogen and oxygen atoms in total. The summed E-state index contributed by atoms with van der Waals surface area (Å²) >= 11 is 0. The van der Waals surface area contributed by atoms with Crippen LogP contribution in [0.5, 0.6) is 5.75 Å². The molecule has 0 radical (unpaired) electrons. The Labute approximate surface area is 170 Å². The number of nitrogens with one attached hydrogen (secondary N) is 2. The van der Waals surface area contributed by atoms with Gasteiger partial charge in [-0.15, -0.1) is 0 Å². The van der Waals surface area contributed by atoms with E-state index < -0.39 is 0 Å². The van der Waals surface area contributed by atoms with Gasteiger partial charge < -0.3 is 25.0 Å². The second-order valence-electron chi connectivity index (χ2n) is 6.93. The average molecular weight is 398 g/mol. The molecule has 1 aromatic carbocycles. The van der Waals surface area contributed by atoms with Crippen molar-refractivity contribution in [3.63, 3.8) is 0 Å². The van der Waals surface area contributed by atoms with Crippen LogP contribution in [0.25, 0.3) is 0 Å². The summed E-state index contributed by atoms with van der Waals surface area (Å²) in [6, 6.07) is 10.8. The van der Waals surface area contributed by atoms with Gasteiger partial charge in [0.2, 0.25) is 5.91 Å². The van der Waals surface area contributed by atoms with Gasteiger partial charge in [0.1, 0.15) is 18.2 Å². The van der Waals surface area contributed by atoms with Gasteiger partial charge in [-0.3, -0.25) is 9.59 Å². The van der Waals surface area contributed by atoms with Crippen LogP contribution in [0, 0.1) is 0 Å². The fourth-order valence-corrected chi connectivity index (χ4v) is 2.95. The molecule has 2 amide bonds. The number of anilines is 2. The Morgan fingerprint density at radius 3 is 2.86 bits per heavy atom. The lowest BCUT2D eigenvalue weighted by Crippen LogP contribution is -2.44. The third kappa shape index (κ3) is 5.68. The molecule has 3 rings (SSSR count). The number of hydrogen-bond acceptors (Lipinski definition) is 6. The molecule has 2 N–H and O–H groups in total. The van der Waals surface area contributed by atoms with Crippen molar-refractivity contribution >= 4 is 23.3 Å². The smallest absolute Gasteiger partial charge is 0.258 e. The van der Waals surface area contributed by atoms with E-state index in [2.05, 4.69) is 15.6 Å². The maximum atomic E-state index is 13.3. The van der Waals surface area contributed by atoms with Crippen LogP contribution in [0.2, 0.25) is 0 Å². The number of carbonyl (C=O) groups excluding carboxylic acids is 2. The first kappa shape index (κ1) is 20.6. The molecule has 1 aliphatic heterocycles. The molecule has 0 saturated carbocycles. The Balaban J connectivity index is 1.91. The molecule has 29 heavy (non-hydrogen) atoms. The molecule has 1 aromatic heterocycles. The number of amides is 2. The number of benzene rings is 1. The van der Waals surface area contributed by atoms with Gasteiger partial charge in [-0.2, -0.15) is 0 Å². The fourth-order valence-electron chi connectivity index (χ4n) is 2.95. The lowest BCUT2D eigenvalue weighted by Gasteiger charge is -2.23. The van der Waals surface area contributed by atoms with E-state index in [1.165, 1.54) is 4.90 Å². The van der Waals surface area contributed by atoms with Crippen molar-refractivity contribution in [3.05, 3.63) is 48.2 Å². The molecule has 154 valence electrons. The first-order valence-electron chi connectivity index (χ1n) is 9.65. The largest absolute Gasteiger partial charge is 0.489 e. The van der Waals surface area contributed by atoms with Gasteiger partial charge in [-0.1, -0.05) is 12.1 Å². The Morgan fingerprint density at radius 1 is 1.21 bits per heavy atom. The zero-order chi connectivity index (χ0) is 20.6. The second kappa shape index (κ2) is 9.88. The molecule has 0 spiro atoms. The van der Waals surface area contributed by atoms with Crippen LogP contribution >= 0.6 is 0 Å². The number of nitrogens with zero attached hydrogens (tertiary/aromatic N) is 2. The third-order valence-electron chi connectivity index (χ3n) is 4.24. The van der Waals surface area contributed by atoms with Crippen molar-refractivity contribution in [2.75, 3.05) is 38.2 Å². The number of pyridine rings is 1. The van der Waals surface area contributed by atoms with Crippen LogP contribution in [0.1, 0.15) is 24.2 Å². The Morgan fingerprint density at radius 2 is 2.03 bits per heavy atom. The highest BCUT2D eigenvalue weighted by Gasteiger charge is 2.23. The number of rotatable bonds is 3. The maximum absolute atomic E-state index is 13.3. The first-order chi connectivity index (χ1) is 14.0. The van der Waals surface area contributed by atoms with Crippen LogP contribution in [0.3, 0.4) is 0 Å². The monoisotopic (exact) mass is 398 g/mol. The Kier molecular flexibility index (Phi) is 7.02. The first-order valence-corrected chi connectivity index (χ1v) is 9.65. The van der Waals surface area contributed by atoms with Gasteiger partial charge in [0.15, 0.2) is 0 Å². The summed E-state index contributed by atoms with van der Waals surface area (Å²) in [5.41, 5.74) is 1.07. The molecule has 0 fully saturated rings. The molecule has 0 atom stereocenters. The number of ether oxygens (including phenoxy) is 2. The number of para-hydroxylation sites is 2. The lowest BCUT2D eigenvalue weighted by atomic mass is 10.2. The van der Waals surface area contributed by atoms with Crippen LogP contribution in [-0.2, 0) is 9.53 Å². The summed E-state index contributed by atoms with van der Waals surface area (Å²) in [6.07, 6.45) is 1.61. The predicted molar refractivity (Wildman–Crippen MR) is 109 cm³/mol. The van der Waals surface area contributed by atoms with Crippen molar-refractivity contribution in [3.8, 4) is 5.75 Å². The highest BCUT2D eigenvalue weighted by Crippen LogP contribution is 2.28. The lowest BCUT2D eigenvalue weighted by molar-refractivity contribution is -0.122. The van der Waals surface area contributed by atoms with Gasteiger partial charge in [0.25, 0.3) is 5.91 Å². The van der Waals surface area contributed by atoms with E-state index in [0.29, 0.717) is 42.6 Å². The summed E-state index contributed by atoms with van der Waals surface area (Å²) < 4.78 is 11.4. The van der Waals surface area contributed by atoms with Crippen molar-refractivity contribution in [2.45, 2.75) is 19.9 Å². The van der Waals surface area contributed by atoms with Gasteiger partial charge in [0, 0.05) is 18.8 Å². The van der Waals surface area contributed by atoms with Crippen LogP contribution < -0.4 is 15.4 Å². The molecule has 0 saturated heterocycles. The normalized spacial score (nSPS) is 15.0. The molecule has 2 heterocycles. The molecule has 8 heteroatoms. The summed E-state index contributed by atoms with van der Waals surface area (Å²) in [5.74, 6) is 0.543. The minimum Gasteiger partial charge on any atom is -0.489 e. The zero-order valence-electron chi connectivity index (χ0n) is 16.7. The Bertz CT molecular complexity index is 856. The minimum atomic E-state index is -0.291. The molecular weight excluding hydrogens is 372 g/mol. The van der Waals surface area contributed by atoms with Crippen molar-refractivity contribution in [1.82, 2.24) is 15.2 Å². The van der Waals surface area contributed by atoms with E-state index in [9.17, 15) is 9.59 Å². The topological polar surface area (TPSA) is 92.8 Å². The molecular formula is C21H26N4O4. The van der Waals surface area contributed by atoms with Gasteiger partial charge >= 0.3 is 0 Å². The summed E-state index contributed by atoms with van der Waals surface area (Å²) in [6.45, 7) is 5.03. The highest BCUT2D eigenvalue weighted by molar-refractivity contribution is 6.01. The van der Waals surface area contributed by atoms with Crippen molar-refractivity contribution in [2.24, 2.45) is 0 Å². The summed E-state index contributed by atoms with van der Waals surface area (Å²) in [4.78, 5) is 31.3. The molecule has 1 aliphatic rings. The zero-order valence-corrected chi connectivity index (χ0v) is 16.7. The number of hydrogen-bond donors (Lipinski definition) is 2.